The Kier molecular flexibility index (Phi) is 4.07. The third-order valence-corrected chi connectivity index (χ3v) is 3.47. The van der Waals surface area contributed by atoms with Crippen LogP contribution in [0.25, 0.3) is 0 Å². The summed E-state index contributed by atoms with van der Waals surface area (Å²) in [6, 6.07) is 11.1. The number of H-pyrrole nitrogens is 1. The van der Waals surface area contributed by atoms with Crippen molar-refractivity contribution in [3.63, 3.8) is 0 Å². The molecule has 0 bridgehead atoms. The van der Waals surface area contributed by atoms with Gasteiger partial charge in [-0.3, -0.25) is 4.79 Å². The molecule has 0 aliphatic carbocycles. The largest absolute Gasteiger partial charge is 0.394 e. The maximum atomic E-state index is 12.1. The van der Waals surface area contributed by atoms with Gasteiger partial charge in [-0.05, 0) is 34.5 Å². The van der Waals surface area contributed by atoms with Gasteiger partial charge in [0.25, 0.3) is 5.91 Å². The summed E-state index contributed by atoms with van der Waals surface area (Å²) in [6.07, 6.45) is 1.69. The quantitative estimate of drug-likeness (QED) is 0.809. The number of aromatic nitrogens is 1. The van der Waals surface area contributed by atoms with E-state index in [2.05, 4.69) is 26.2 Å². The number of aromatic amines is 1. The zero-order chi connectivity index (χ0) is 13.9. The number of aliphatic hydroxyl groups is 1. The molecule has 0 saturated heterocycles. The fraction of sp³-hybridized carbons (Fsp3) is 0.214. The highest BCUT2D eigenvalue weighted by Gasteiger charge is 2.28. The van der Waals surface area contributed by atoms with E-state index < -0.39 is 5.54 Å². The van der Waals surface area contributed by atoms with Crippen molar-refractivity contribution in [2.45, 2.75) is 12.5 Å². The molecule has 100 valence electrons. The van der Waals surface area contributed by atoms with Gasteiger partial charge in [0.15, 0.2) is 0 Å². The molecule has 4 nitrogen and oxygen atoms in total. The predicted octanol–water partition coefficient (Wildman–Crippen LogP) is 2.41. The third kappa shape index (κ3) is 3.05. The number of halogens is 1. The van der Waals surface area contributed by atoms with Gasteiger partial charge < -0.3 is 15.4 Å². The van der Waals surface area contributed by atoms with Crippen molar-refractivity contribution in [2.24, 2.45) is 0 Å². The SMILES string of the molecule is CC(CO)(NC(=O)c1cc(Br)c[nH]1)c1ccccc1. The molecule has 0 aliphatic heterocycles. The first-order valence-corrected chi connectivity index (χ1v) is 6.67. The Hall–Kier alpha value is -1.59. The molecule has 0 aliphatic rings. The minimum absolute atomic E-state index is 0.176. The lowest BCUT2D eigenvalue weighted by Crippen LogP contribution is -2.46. The first-order valence-electron chi connectivity index (χ1n) is 5.88. The van der Waals surface area contributed by atoms with E-state index in [0.717, 1.165) is 10.0 Å². The van der Waals surface area contributed by atoms with Gasteiger partial charge in [-0.25, -0.2) is 0 Å². The number of benzene rings is 1. The van der Waals surface area contributed by atoms with Gasteiger partial charge in [0, 0.05) is 10.7 Å². The Morgan fingerprint density at radius 3 is 2.63 bits per heavy atom. The van der Waals surface area contributed by atoms with Crippen LogP contribution in [0.15, 0.2) is 47.1 Å². The average Bonchev–Trinajstić information content (AvgIpc) is 2.86. The lowest BCUT2D eigenvalue weighted by molar-refractivity contribution is 0.0845. The standard InChI is InChI=1S/C14H15BrN2O2/c1-14(9-18,10-5-3-2-4-6-10)17-13(19)12-7-11(15)8-16-12/h2-8,16,18H,9H2,1H3,(H,17,19). The Balaban J connectivity index is 2.22. The minimum atomic E-state index is -0.810. The van der Waals surface area contributed by atoms with Gasteiger partial charge in [-0.2, -0.15) is 0 Å². The molecule has 0 spiro atoms. The summed E-state index contributed by atoms with van der Waals surface area (Å²) in [7, 11) is 0. The molecule has 2 aromatic rings. The number of hydrogen-bond donors (Lipinski definition) is 3. The van der Waals surface area contributed by atoms with Crippen LogP contribution in [-0.4, -0.2) is 22.6 Å². The van der Waals surface area contributed by atoms with Crippen molar-refractivity contribution in [2.75, 3.05) is 6.61 Å². The molecule has 0 saturated carbocycles. The molecule has 19 heavy (non-hydrogen) atoms. The summed E-state index contributed by atoms with van der Waals surface area (Å²) in [5.41, 5.74) is 0.495. The van der Waals surface area contributed by atoms with Crippen LogP contribution in [0.2, 0.25) is 0 Å². The molecule has 0 fully saturated rings. The van der Waals surface area contributed by atoms with Crippen LogP contribution in [0.3, 0.4) is 0 Å². The molecule has 1 amide bonds. The van der Waals surface area contributed by atoms with E-state index >= 15 is 0 Å². The molecule has 3 N–H and O–H groups in total. The highest BCUT2D eigenvalue weighted by molar-refractivity contribution is 9.10. The second kappa shape index (κ2) is 5.59. The van der Waals surface area contributed by atoms with Crippen LogP contribution in [0.1, 0.15) is 23.0 Å². The first kappa shape index (κ1) is 13.8. The van der Waals surface area contributed by atoms with E-state index in [0.29, 0.717) is 5.69 Å². The average molecular weight is 323 g/mol. The van der Waals surface area contributed by atoms with Crippen molar-refractivity contribution >= 4 is 21.8 Å². The van der Waals surface area contributed by atoms with Gasteiger partial charge in [0.1, 0.15) is 5.69 Å². The lowest BCUT2D eigenvalue weighted by Gasteiger charge is -2.29. The van der Waals surface area contributed by atoms with Crippen molar-refractivity contribution in [1.29, 1.82) is 0 Å². The molecule has 1 unspecified atom stereocenters. The van der Waals surface area contributed by atoms with E-state index in [-0.39, 0.29) is 12.5 Å². The number of aliphatic hydroxyl groups excluding tert-OH is 1. The molecule has 1 atom stereocenters. The minimum Gasteiger partial charge on any atom is -0.394 e. The van der Waals surface area contributed by atoms with Gasteiger partial charge in [-0.1, -0.05) is 30.3 Å². The van der Waals surface area contributed by atoms with Crippen LogP contribution >= 0.6 is 15.9 Å². The summed E-state index contributed by atoms with van der Waals surface area (Å²) in [6.45, 7) is 1.61. The molecular formula is C14H15BrN2O2. The number of hydrogen-bond acceptors (Lipinski definition) is 2. The molecule has 2 rings (SSSR count). The van der Waals surface area contributed by atoms with E-state index in [1.807, 2.05) is 30.3 Å². The molecule has 5 heteroatoms. The van der Waals surface area contributed by atoms with Crippen LogP contribution in [0.4, 0.5) is 0 Å². The summed E-state index contributed by atoms with van der Waals surface area (Å²) in [4.78, 5) is 15.0. The molecular weight excluding hydrogens is 308 g/mol. The third-order valence-electron chi connectivity index (χ3n) is 3.01. The van der Waals surface area contributed by atoms with Gasteiger partial charge in [0.2, 0.25) is 0 Å². The maximum Gasteiger partial charge on any atom is 0.268 e. The van der Waals surface area contributed by atoms with Crippen LogP contribution in [0.5, 0.6) is 0 Å². The predicted molar refractivity (Wildman–Crippen MR) is 76.8 cm³/mol. The first-order chi connectivity index (χ1) is 9.05. The van der Waals surface area contributed by atoms with E-state index in [1.165, 1.54) is 0 Å². The number of amides is 1. The number of carbonyl (C=O) groups excluding carboxylic acids is 1. The fourth-order valence-corrected chi connectivity index (χ4v) is 2.17. The topological polar surface area (TPSA) is 65.1 Å². The Labute approximate surface area is 120 Å². The second-order valence-electron chi connectivity index (χ2n) is 4.54. The van der Waals surface area contributed by atoms with Crippen molar-refractivity contribution < 1.29 is 9.90 Å². The van der Waals surface area contributed by atoms with Gasteiger partial charge in [0.05, 0.1) is 12.1 Å². The molecule has 1 aromatic heterocycles. The number of nitrogens with one attached hydrogen (secondary N) is 2. The van der Waals surface area contributed by atoms with E-state index in [4.69, 9.17) is 0 Å². The smallest absolute Gasteiger partial charge is 0.268 e. The van der Waals surface area contributed by atoms with E-state index in [9.17, 15) is 9.90 Å². The van der Waals surface area contributed by atoms with Gasteiger partial charge in [-0.15, -0.1) is 0 Å². The van der Waals surface area contributed by atoms with Crippen LogP contribution in [0, 0.1) is 0 Å². The summed E-state index contributed by atoms with van der Waals surface area (Å²) < 4.78 is 0.808. The zero-order valence-corrected chi connectivity index (χ0v) is 12.1. The summed E-state index contributed by atoms with van der Waals surface area (Å²) >= 11 is 3.28. The van der Waals surface area contributed by atoms with Crippen LogP contribution < -0.4 is 5.32 Å². The van der Waals surface area contributed by atoms with Crippen LogP contribution in [-0.2, 0) is 5.54 Å². The van der Waals surface area contributed by atoms with E-state index in [1.54, 1.807) is 19.2 Å². The van der Waals surface area contributed by atoms with Gasteiger partial charge >= 0.3 is 0 Å². The monoisotopic (exact) mass is 322 g/mol. The zero-order valence-electron chi connectivity index (χ0n) is 10.5. The van der Waals surface area contributed by atoms with Crippen molar-refractivity contribution in [3.05, 3.63) is 58.3 Å². The lowest BCUT2D eigenvalue weighted by atomic mass is 9.93. The maximum absolute atomic E-state index is 12.1. The molecule has 1 aromatic carbocycles. The second-order valence-corrected chi connectivity index (χ2v) is 5.46. The normalized spacial score (nSPS) is 13.8. The van der Waals surface area contributed by atoms with Crippen molar-refractivity contribution in [3.8, 4) is 0 Å². The Bertz CT molecular complexity index is 568. The summed E-state index contributed by atoms with van der Waals surface area (Å²) in [5, 5.41) is 12.5. The Morgan fingerprint density at radius 1 is 1.42 bits per heavy atom. The number of carbonyl (C=O) groups is 1. The van der Waals surface area contributed by atoms with Crippen molar-refractivity contribution in [1.82, 2.24) is 10.3 Å². The molecule has 0 radical (unpaired) electrons. The molecule has 1 heterocycles. The fourth-order valence-electron chi connectivity index (χ4n) is 1.83. The number of rotatable bonds is 4. The highest BCUT2D eigenvalue weighted by Crippen LogP contribution is 2.21. The summed E-state index contributed by atoms with van der Waals surface area (Å²) in [5.74, 6) is -0.258. The highest BCUT2D eigenvalue weighted by atomic mass is 79.9. The Morgan fingerprint density at radius 2 is 2.11 bits per heavy atom.